The summed E-state index contributed by atoms with van der Waals surface area (Å²) in [6.45, 7) is 6.96. The highest BCUT2D eigenvalue weighted by atomic mass is 16.6. The number of benzene rings is 1. The lowest BCUT2D eigenvalue weighted by atomic mass is 10.1. The molecule has 0 amide bonds. The SMILES string of the molecule is C=CCCOC(C)C(=O)Oc1cc(OC)ccc1C(C)=O. The summed E-state index contributed by atoms with van der Waals surface area (Å²) in [7, 11) is 1.50. The number of Topliss-reactive ketones (excluding diaryl/α,β-unsaturated/α-hetero) is 1. The predicted molar refractivity (Wildman–Crippen MR) is 78.9 cm³/mol. The third-order valence-corrected chi connectivity index (χ3v) is 2.80. The number of rotatable bonds is 8. The summed E-state index contributed by atoms with van der Waals surface area (Å²) in [6, 6.07) is 4.70. The third-order valence-electron chi connectivity index (χ3n) is 2.80. The van der Waals surface area contributed by atoms with E-state index < -0.39 is 12.1 Å². The quantitative estimate of drug-likeness (QED) is 0.242. The van der Waals surface area contributed by atoms with Crippen molar-refractivity contribution in [3.05, 3.63) is 36.4 Å². The Morgan fingerprint density at radius 3 is 2.67 bits per heavy atom. The van der Waals surface area contributed by atoms with E-state index in [4.69, 9.17) is 14.2 Å². The molecule has 1 aromatic carbocycles. The number of carbonyl (C=O) groups excluding carboxylic acids is 2. The van der Waals surface area contributed by atoms with Crippen LogP contribution in [0.2, 0.25) is 0 Å². The molecule has 1 rings (SSSR count). The number of methoxy groups -OCH3 is 1. The average molecular weight is 292 g/mol. The lowest BCUT2D eigenvalue weighted by Crippen LogP contribution is -2.26. The maximum Gasteiger partial charge on any atom is 0.340 e. The molecule has 0 radical (unpaired) electrons. The Bertz CT molecular complexity index is 521. The van der Waals surface area contributed by atoms with Gasteiger partial charge in [0.05, 0.1) is 19.3 Å². The molecule has 1 unspecified atom stereocenters. The molecule has 0 heterocycles. The molecule has 0 aliphatic carbocycles. The number of esters is 1. The van der Waals surface area contributed by atoms with Gasteiger partial charge in [-0.15, -0.1) is 6.58 Å². The molecule has 0 saturated heterocycles. The van der Waals surface area contributed by atoms with Crippen molar-refractivity contribution < 1.29 is 23.8 Å². The molecular weight excluding hydrogens is 272 g/mol. The van der Waals surface area contributed by atoms with E-state index in [1.807, 2.05) is 0 Å². The van der Waals surface area contributed by atoms with Gasteiger partial charge in [0.1, 0.15) is 11.5 Å². The molecule has 0 saturated carbocycles. The van der Waals surface area contributed by atoms with E-state index in [9.17, 15) is 9.59 Å². The van der Waals surface area contributed by atoms with Crippen LogP contribution in [0.3, 0.4) is 0 Å². The molecule has 0 bridgehead atoms. The van der Waals surface area contributed by atoms with Crippen molar-refractivity contribution in [3.8, 4) is 11.5 Å². The van der Waals surface area contributed by atoms with Gasteiger partial charge in [0.15, 0.2) is 11.9 Å². The molecular formula is C16H20O5. The fourth-order valence-electron chi connectivity index (χ4n) is 1.59. The van der Waals surface area contributed by atoms with E-state index in [0.29, 0.717) is 24.3 Å². The average Bonchev–Trinajstić information content (AvgIpc) is 2.46. The Kier molecular flexibility index (Phi) is 6.62. The highest BCUT2D eigenvalue weighted by Gasteiger charge is 2.19. The van der Waals surface area contributed by atoms with Crippen LogP contribution in [0, 0.1) is 0 Å². The zero-order valence-electron chi connectivity index (χ0n) is 12.5. The fraction of sp³-hybridized carbons (Fsp3) is 0.375. The minimum absolute atomic E-state index is 0.172. The first kappa shape index (κ1) is 16.9. The lowest BCUT2D eigenvalue weighted by Gasteiger charge is -2.14. The molecule has 5 nitrogen and oxygen atoms in total. The second-order valence-electron chi connectivity index (χ2n) is 4.43. The highest BCUT2D eigenvalue weighted by molar-refractivity contribution is 5.97. The molecule has 0 aromatic heterocycles. The summed E-state index contributed by atoms with van der Waals surface area (Å²) in [6.07, 6.45) is 1.62. The van der Waals surface area contributed by atoms with Crippen molar-refractivity contribution >= 4 is 11.8 Å². The second kappa shape index (κ2) is 8.21. The second-order valence-corrected chi connectivity index (χ2v) is 4.43. The van der Waals surface area contributed by atoms with E-state index in [2.05, 4.69) is 6.58 Å². The van der Waals surface area contributed by atoms with Gasteiger partial charge in [-0.05, 0) is 32.4 Å². The smallest absolute Gasteiger partial charge is 0.340 e. The fourth-order valence-corrected chi connectivity index (χ4v) is 1.59. The summed E-state index contributed by atoms with van der Waals surface area (Å²) in [5.74, 6) is -0.0791. The summed E-state index contributed by atoms with van der Waals surface area (Å²) in [4.78, 5) is 23.5. The van der Waals surface area contributed by atoms with Crippen molar-refractivity contribution in [3.63, 3.8) is 0 Å². The minimum atomic E-state index is -0.726. The molecule has 5 heteroatoms. The van der Waals surface area contributed by atoms with Crippen LogP contribution in [0.15, 0.2) is 30.9 Å². The molecule has 0 spiro atoms. The van der Waals surface area contributed by atoms with Crippen LogP contribution in [0.4, 0.5) is 0 Å². The van der Waals surface area contributed by atoms with E-state index >= 15 is 0 Å². The van der Waals surface area contributed by atoms with E-state index in [0.717, 1.165) is 0 Å². The molecule has 21 heavy (non-hydrogen) atoms. The topological polar surface area (TPSA) is 61.8 Å². The number of ketones is 1. The van der Waals surface area contributed by atoms with Crippen LogP contribution in [-0.4, -0.2) is 31.6 Å². The van der Waals surface area contributed by atoms with Gasteiger partial charge in [-0.1, -0.05) is 6.08 Å². The number of ether oxygens (including phenoxy) is 3. The molecule has 0 aliphatic rings. The van der Waals surface area contributed by atoms with Gasteiger partial charge in [-0.3, -0.25) is 4.79 Å². The maximum absolute atomic E-state index is 12.0. The van der Waals surface area contributed by atoms with Gasteiger partial charge in [0, 0.05) is 6.07 Å². The minimum Gasteiger partial charge on any atom is -0.497 e. The van der Waals surface area contributed by atoms with Crippen LogP contribution >= 0.6 is 0 Å². The summed E-state index contributed by atoms with van der Waals surface area (Å²) >= 11 is 0. The molecule has 1 atom stereocenters. The summed E-state index contributed by atoms with van der Waals surface area (Å²) in [5.41, 5.74) is 0.322. The zero-order chi connectivity index (χ0) is 15.8. The van der Waals surface area contributed by atoms with Crippen molar-refractivity contribution in [1.29, 1.82) is 0 Å². The number of hydrogen-bond acceptors (Lipinski definition) is 5. The Hall–Kier alpha value is -2.14. The van der Waals surface area contributed by atoms with Gasteiger partial charge in [-0.2, -0.15) is 0 Å². The molecule has 0 aliphatic heterocycles. The van der Waals surface area contributed by atoms with Crippen molar-refractivity contribution in [1.82, 2.24) is 0 Å². The summed E-state index contributed by atoms with van der Waals surface area (Å²) in [5, 5.41) is 0. The van der Waals surface area contributed by atoms with E-state index in [1.54, 1.807) is 25.1 Å². The Morgan fingerprint density at radius 2 is 2.10 bits per heavy atom. The van der Waals surface area contributed by atoms with Crippen LogP contribution in [-0.2, 0) is 9.53 Å². The van der Waals surface area contributed by atoms with Crippen LogP contribution in [0.5, 0.6) is 11.5 Å². The van der Waals surface area contributed by atoms with E-state index in [-0.39, 0.29) is 11.5 Å². The number of hydrogen-bond donors (Lipinski definition) is 0. The van der Waals surface area contributed by atoms with Crippen LogP contribution in [0.1, 0.15) is 30.6 Å². The van der Waals surface area contributed by atoms with Crippen LogP contribution < -0.4 is 9.47 Å². The van der Waals surface area contributed by atoms with E-state index in [1.165, 1.54) is 20.1 Å². The molecule has 114 valence electrons. The molecule has 0 N–H and O–H groups in total. The number of carbonyl (C=O) groups is 2. The molecule has 1 aromatic rings. The van der Waals surface area contributed by atoms with Gasteiger partial charge < -0.3 is 14.2 Å². The lowest BCUT2D eigenvalue weighted by molar-refractivity contribution is -0.146. The zero-order valence-corrected chi connectivity index (χ0v) is 12.5. The van der Waals surface area contributed by atoms with Crippen LogP contribution in [0.25, 0.3) is 0 Å². The Morgan fingerprint density at radius 1 is 1.38 bits per heavy atom. The predicted octanol–water partition coefficient (Wildman–Crippen LogP) is 2.78. The van der Waals surface area contributed by atoms with Gasteiger partial charge in [-0.25, -0.2) is 4.79 Å². The normalized spacial score (nSPS) is 11.6. The highest BCUT2D eigenvalue weighted by Crippen LogP contribution is 2.25. The Labute approximate surface area is 124 Å². The van der Waals surface area contributed by atoms with Gasteiger partial charge in [0.25, 0.3) is 0 Å². The van der Waals surface area contributed by atoms with Crippen molar-refractivity contribution in [2.75, 3.05) is 13.7 Å². The van der Waals surface area contributed by atoms with Gasteiger partial charge in [0.2, 0.25) is 0 Å². The van der Waals surface area contributed by atoms with Crippen molar-refractivity contribution in [2.45, 2.75) is 26.4 Å². The first-order valence-corrected chi connectivity index (χ1v) is 6.62. The Balaban J connectivity index is 2.82. The van der Waals surface area contributed by atoms with Crippen molar-refractivity contribution in [2.24, 2.45) is 0 Å². The first-order chi connectivity index (χ1) is 9.99. The van der Waals surface area contributed by atoms with Gasteiger partial charge >= 0.3 is 5.97 Å². The third kappa shape index (κ3) is 5.04. The first-order valence-electron chi connectivity index (χ1n) is 6.62. The maximum atomic E-state index is 12.0. The standard InChI is InChI=1S/C16H20O5/c1-5-6-9-20-12(3)16(18)21-15-10-13(19-4)7-8-14(15)11(2)17/h5,7-8,10,12H,1,6,9H2,2-4H3. The summed E-state index contributed by atoms with van der Waals surface area (Å²) < 4.78 is 15.6. The largest absolute Gasteiger partial charge is 0.497 e. The molecule has 0 fully saturated rings. The monoisotopic (exact) mass is 292 g/mol.